The van der Waals surface area contributed by atoms with Crippen LogP contribution in [0.2, 0.25) is 0 Å². The number of hydrogen-bond acceptors (Lipinski definition) is 6. The molecule has 3 aromatic rings. The van der Waals surface area contributed by atoms with Crippen molar-refractivity contribution in [1.29, 1.82) is 0 Å². The van der Waals surface area contributed by atoms with Gasteiger partial charge in [0.05, 0.1) is 5.92 Å². The Morgan fingerprint density at radius 2 is 1.96 bits per heavy atom. The minimum Gasteiger partial charge on any atom is -0.339 e. The number of nitrogens with two attached hydrogens (primary N) is 1. The molecule has 2 aromatic heterocycles. The number of benzene rings is 1. The molecule has 4 rings (SSSR count). The average molecular weight is 388 g/mol. The zero-order valence-corrected chi connectivity index (χ0v) is 15.4. The summed E-state index contributed by atoms with van der Waals surface area (Å²) in [5.41, 5.74) is 1.07. The van der Waals surface area contributed by atoms with Crippen LogP contribution in [0.3, 0.4) is 0 Å². The van der Waals surface area contributed by atoms with Crippen LogP contribution in [0.1, 0.15) is 37.3 Å². The predicted octanol–water partition coefficient (Wildman–Crippen LogP) is 2.83. The molecule has 27 heavy (non-hydrogen) atoms. The Morgan fingerprint density at radius 1 is 1.19 bits per heavy atom. The molecule has 0 unspecified atom stereocenters. The zero-order chi connectivity index (χ0) is 19.4. The Balaban J connectivity index is 1.62. The molecule has 1 aliphatic rings. The lowest BCUT2D eigenvalue weighted by Crippen LogP contribution is -2.12. The quantitative estimate of drug-likeness (QED) is 0.735. The van der Waals surface area contributed by atoms with Gasteiger partial charge in [-0.15, -0.1) is 0 Å². The van der Waals surface area contributed by atoms with Gasteiger partial charge in [-0.05, 0) is 29.7 Å². The molecule has 1 aromatic carbocycles. The Hall–Kier alpha value is -2.65. The number of primary sulfonamides is 1. The smallest absolute Gasteiger partial charge is 0.239 e. The normalized spacial score (nSPS) is 21.2. The van der Waals surface area contributed by atoms with Gasteiger partial charge >= 0.3 is 0 Å². The maximum atomic E-state index is 13.4. The number of halogens is 1. The Morgan fingerprint density at radius 3 is 2.59 bits per heavy atom. The van der Waals surface area contributed by atoms with Crippen LogP contribution >= 0.6 is 0 Å². The monoisotopic (exact) mass is 388 g/mol. The van der Waals surface area contributed by atoms with Crippen molar-refractivity contribution in [2.45, 2.75) is 30.6 Å². The number of pyridine rings is 1. The topological polar surface area (TPSA) is 112 Å². The third-order valence-corrected chi connectivity index (χ3v) is 5.92. The average Bonchev–Trinajstić information content (AvgIpc) is 2.94. The number of aromatic nitrogens is 3. The summed E-state index contributed by atoms with van der Waals surface area (Å²) in [6.45, 7) is 4.09. The van der Waals surface area contributed by atoms with E-state index in [4.69, 9.17) is 9.66 Å². The standard InChI is InChI=1S/C18H17FN4O3S/c1-18(2)14(13-7-6-12(9-21-13)27(20,24)25)15(18)17-22-16(23-26-17)10-4-3-5-11(19)8-10/h3-9,14-15H,1-2H3,(H2,20,24,25)/t14-,15+/m1/s1. The second-order valence-electron chi connectivity index (χ2n) is 7.21. The Kier molecular flexibility index (Phi) is 3.90. The lowest BCUT2D eigenvalue weighted by Gasteiger charge is -2.03. The molecule has 7 nitrogen and oxygen atoms in total. The highest BCUT2D eigenvalue weighted by molar-refractivity contribution is 7.89. The van der Waals surface area contributed by atoms with E-state index in [1.165, 1.54) is 24.4 Å². The first-order chi connectivity index (χ1) is 12.7. The minimum atomic E-state index is -3.78. The molecule has 0 spiro atoms. The van der Waals surface area contributed by atoms with Gasteiger partial charge in [0.1, 0.15) is 10.7 Å². The van der Waals surface area contributed by atoms with E-state index in [0.717, 1.165) is 5.69 Å². The van der Waals surface area contributed by atoms with Gasteiger partial charge in [0.15, 0.2) is 0 Å². The van der Waals surface area contributed by atoms with Crippen molar-refractivity contribution in [2.24, 2.45) is 10.6 Å². The van der Waals surface area contributed by atoms with Crippen molar-refractivity contribution in [2.75, 3.05) is 0 Å². The maximum absolute atomic E-state index is 13.4. The number of nitrogens with zero attached hydrogens (tertiary/aromatic N) is 3. The molecule has 9 heteroatoms. The van der Waals surface area contributed by atoms with Crippen LogP contribution in [0.15, 0.2) is 52.0 Å². The second-order valence-corrected chi connectivity index (χ2v) is 8.77. The van der Waals surface area contributed by atoms with Crippen molar-refractivity contribution in [3.8, 4) is 11.4 Å². The Labute approximate surface area is 155 Å². The number of sulfonamides is 1. The molecule has 140 valence electrons. The van der Waals surface area contributed by atoms with Crippen molar-refractivity contribution in [3.63, 3.8) is 0 Å². The number of hydrogen-bond donors (Lipinski definition) is 1. The third kappa shape index (κ3) is 3.13. The summed E-state index contributed by atoms with van der Waals surface area (Å²) in [7, 11) is -3.78. The minimum absolute atomic E-state index is 0.00663. The van der Waals surface area contributed by atoms with E-state index in [9.17, 15) is 12.8 Å². The van der Waals surface area contributed by atoms with E-state index in [0.29, 0.717) is 17.3 Å². The molecule has 1 saturated carbocycles. The second kappa shape index (κ2) is 5.93. The highest BCUT2D eigenvalue weighted by Crippen LogP contribution is 2.69. The molecule has 1 fully saturated rings. The first-order valence-electron chi connectivity index (χ1n) is 8.26. The summed E-state index contributed by atoms with van der Waals surface area (Å²) in [5.74, 6) is 0.320. The van der Waals surface area contributed by atoms with Crippen LogP contribution in [0.25, 0.3) is 11.4 Å². The van der Waals surface area contributed by atoms with Crippen molar-refractivity contribution >= 4 is 10.0 Å². The van der Waals surface area contributed by atoms with Crippen LogP contribution in [-0.2, 0) is 10.0 Å². The highest BCUT2D eigenvalue weighted by atomic mass is 32.2. The van der Waals surface area contributed by atoms with Gasteiger partial charge in [0, 0.05) is 23.4 Å². The first kappa shape index (κ1) is 17.7. The lowest BCUT2D eigenvalue weighted by atomic mass is 10.1. The molecule has 1 aliphatic carbocycles. The first-order valence-corrected chi connectivity index (χ1v) is 9.81. The van der Waals surface area contributed by atoms with E-state index < -0.39 is 10.0 Å². The summed E-state index contributed by atoms with van der Waals surface area (Å²) in [6.07, 6.45) is 1.25. The van der Waals surface area contributed by atoms with Gasteiger partial charge in [-0.3, -0.25) is 4.98 Å². The van der Waals surface area contributed by atoms with Crippen LogP contribution in [0.4, 0.5) is 4.39 Å². The summed E-state index contributed by atoms with van der Waals surface area (Å²) >= 11 is 0. The van der Waals surface area contributed by atoms with Gasteiger partial charge in [0.25, 0.3) is 0 Å². The fraction of sp³-hybridized carbons (Fsp3) is 0.278. The molecule has 0 aliphatic heterocycles. The van der Waals surface area contributed by atoms with Gasteiger partial charge in [-0.1, -0.05) is 31.1 Å². The van der Waals surface area contributed by atoms with Crippen LogP contribution in [-0.4, -0.2) is 23.5 Å². The van der Waals surface area contributed by atoms with Gasteiger partial charge in [0.2, 0.25) is 21.7 Å². The molecule has 0 amide bonds. The zero-order valence-electron chi connectivity index (χ0n) is 14.6. The van der Waals surface area contributed by atoms with Crippen LogP contribution in [0, 0.1) is 11.2 Å². The molecule has 0 radical (unpaired) electrons. The van der Waals surface area contributed by atoms with E-state index in [1.807, 2.05) is 13.8 Å². The molecule has 2 heterocycles. The Bertz CT molecular complexity index is 1110. The van der Waals surface area contributed by atoms with Gasteiger partial charge in [-0.25, -0.2) is 17.9 Å². The third-order valence-electron chi connectivity index (χ3n) is 5.02. The van der Waals surface area contributed by atoms with E-state index in [2.05, 4.69) is 15.1 Å². The summed E-state index contributed by atoms with van der Waals surface area (Å²) in [6, 6.07) is 9.08. The molecular formula is C18H17FN4O3S. The van der Waals surface area contributed by atoms with Crippen LogP contribution < -0.4 is 5.14 Å². The molecular weight excluding hydrogens is 371 g/mol. The van der Waals surface area contributed by atoms with Crippen molar-refractivity contribution in [3.05, 3.63) is 60.0 Å². The van der Waals surface area contributed by atoms with Crippen molar-refractivity contribution < 1.29 is 17.3 Å². The summed E-state index contributed by atoms with van der Waals surface area (Å²) in [5, 5.41) is 9.07. The van der Waals surface area contributed by atoms with E-state index in [-0.39, 0.29) is 28.0 Å². The highest BCUT2D eigenvalue weighted by Gasteiger charge is 2.62. The van der Waals surface area contributed by atoms with E-state index >= 15 is 0 Å². The fourth-order valence-corrected chi connectivity index (χ4v) is 3.96. The van der Waals surface area contributed by atoms with Crippen LogP contribution in [0.5, 0.6) is 0 Å². The molecule has 2 N–H and O–H groups in total. The largest absolute Gasteiger partial charge is 0.339 e. The molecule has 0 bridgehead atoms. The summed E-state index contributed by atoms with van der Waals surface area (Å²) < 4.78 is 41.6. The van der Waals surface area contributed by atoms with E-state index in [1.54, 1.807) is 18.2 Å². The molecule has 2 atom stereocenters. The maximum Gasteiger partial charge on any atom is 0.239 e. The molecule has 0 saturated heterocycles. The number of rotatable bonds is 4. The van der Waals surface area contributed by atoms with Gasteiger partial charge < -0.3 is 4.52 Å². The lowest BCUT2D eigenvalue weighted by molar-refractivity contribution is 0.368. The fourth-order valence-electron chi connectivity index (χ4n) is 3.50. The summed E-state index contributed by atoms with van der Waals surface area (Å²) in [4.78, 5) is 8.65. The van der Waals surface area contributed by atoms with Gasteiger partial charge in [-0.2, -0.15) is 4.98 Å². The SMILES string of the molecule is CC1(C)[C@H](c2ccc(S(N)(=O)=O)cn2)[C@H]1c1nc(-c2cccc(F)c2)no1. The predicted molar refractivity (Wildman–Crippen MR) is 94.6 cm³/mol. The van der Waals surface area contributed by atoms with Crippen molar-refractivity contribution in [1.82, 2.24) is 15.1 Å².